The van der Waals surface area contributed by atoms with Gasteiger partial charge in [0, 0.05) is 24.2 Å². The number of nitrogens with one attached hydrogen (secondary N) is 1. The third kappa shape index (κ3) is 4.44. The summed E-state index contributed by atoms with van der Waals surface area (Å²) in [5.74, 6) is 0.934. The Bertz CT molecular complexity index is 1330. The normalized spacial score (nSPS) is 11.3. The zero-order chi connectivity index (χ0) is 23.5. The molecule has 33 heavy (non-hydrogen) atoms. The topological polar surface area (TPSA) is 83.9 Å². The lowest BCUT2D eigenvalue weighted by Gasteiger charge is -2.18. The van der Waals surface area contributed by atoms with Crippen LogP contribution in [0, 0.1) is 0 Å². The fraction of sp³-hybridized carbons (Fsp3) is 0.308. The molecule has 0 saturated carbocycles. The Kier molecular flexibility index (Phi) is 6.40. The number of hydrogen-bond acceptors (Lipinski definition) is 4. The number of benzene rings is 2. The maximum absolute atomic E-state index is 12.7. The number of rotatable bonds is 7. The van der Waals surface area contributed by atoms with Crippen molar-refractivity contribution >= 4 is 17.1 Å². The number of carbonyl (C=O) groups is 1. The number of imidazole rings is 1. The predicted molar refractivity (Wildman–Crippen MR) is 130 cm³/mol. The van der Waals surface area contributed by atoms with Crippen molar-refractivity contribution in [2.24, 2.45) is 0 Å². The van der Waals surface area contributed by atoms with Gasteiger partial charge < -0.3 is 9.88 Å². The lowest BCUT2D eigenvalue weighted by atomic mass is 9.97. The van der Waals surface area contributed by atoms with Crippen LogP contribution in [0.15, 0.2) is 59.5 Å². The summed E-state index contributed by atoms with van der Waals surface area (Å²) in [5.41, 5.74) is 4.60. The summed E-state index contributed by atoms with van der Waals surface area (Å²) in [5, 5.41) is 0. The number of amides is 1. The van der Waals surface area contributed by atoms with E-state index in [9.17, 15) is 9.59 Å². The van der Waals surface area contributed by atoms with Crippen LogP contribution in [0.2, 0.25) is 0 Å². The van der Waals surface area contributed by atoms with Gasteiger partial charge in [0.25, 0.3) is 5.91 Å². The van der Waals surface area contributed by atoms with E-state index >= 15 is 0 Å². The fourth-order valence-electron chi connectivity index (χ4n) is 4.05. The van der Waals surface area contributed by atoms with Crippen molar-refractivity contribution in [1.29, 1.82) is 0 Å². The summed E-state index contributed by atoms with van der Waals surface area (Å²) in [6.45, 7) is 9.90. The standard InChI is InChI=1S/C26H29N5O2/c1-5-30(6-2)25(32)19-13-11-18(12-14-19)16-31-24-22(28-26(31)33)15-27-23(29-24)21-10-8-7-9-20(21)17(3)4/h7-15,17H,5-6,16H2,1-4H3,(H,28,33). The molecule has 0 aliphatic heterocycles. The first-order chi connectivity index (χ1) is 15.9. The zero-order valence-electron chi connectivity index (χ0n) is 19.5. The van der Waals surface area contributed by atoms with Gasteiger partial charge in [-0.25, -0.2) is 14.8 Å². The molecule has 2 aromatic carbocycles. The molecule has 170 valence electrons. The number of aromatic nitrogens is 4. The second-order valence-corrected chi connectivity index (χ2v) is 8.36. The molecule has 0 atom stereocenters. The average molecular weight is 444 g/mol. The molecule has 0 aliphatic rings. The Morgan fingerprint density at radius 2 is 1.76 bits per heavy atom. The van der Waals surface area contributed by atoms with E-state index in [0.29, 0.717) is 48.1 Å². The molecule has 0 radical (unpaired) electrons. The van der Waals surface area contributed by atoms with Crippen LogP contribution in [0.25, 0.3) is 22.6 Å². The van der Waals surface area contributed by atoms with Crippen LogP contribution in [0.5, 0.6) is 0 Å². The van der Waals surface area contributed by atoms with Gasteiger partial charge in [-0.2, -0.15) is 0 Å². The lowest BCUT2D eigenvalue weighted by molar-refractivity contribution is 0.0773. The minimum Gasteiger partial charge on any atom is -0.339 e. The molecule has 7 heteroatoms. The van der Waals surface area contributed by atoms with Gasteiger partial charge in [-0.1, -0.05) is 50.2 Å². The van der Waals surface area contributed by atoms with E-state index < -0.39 is 0 Å². The van der Waals surface area contributed by atoms with Crippen LogP contribution in [-0.4, -0.2) is 43.4 Å². The van der Waals surface area contributed by atoms with E-state index in [1.165, 1.54) is 0 Å². The highest BCUT2D eigenvalue weighted by molar-refractivity contribution is 5.94. The first-order valence-corrected chi connectivity index (χ1v) is 11.4. The summed E-state index contributed by atoms with van der Waals surface area (Å²) in [4.78, 5) is 39.1. The first-order valence-electron chi connectivity index (χ1n) is 11.4. The van der Waals surface area contributed by atoms with Gasteiger partial charge in [-0.05, 0) is 43.0 Å². The van der Waals surface area contributed by atoms with Gasteiger partial charge in [-0.3, -0.25) is 9.36 Å². The van der Waals surface area contributed by atoms with E-state index in [1.807, 2.05) is 56.3 Å². The van der Waals surface area contributed by atoms with E-state index in [4.69, 9.17) is 4.98 Å². The second-order valence-electron chi connectivity index (χ2n) is 8.36. The molecule has 0 spiro atoms. The smallest absolute Gasteiger partial charge is 0.328 e. The number of aromatic amines is 1. The van der Waals surface area contributed by atoms with Gasteiger partial charge in [0.05, 0.1) is 12.7 Å². The maximum Gasteiger partial charge on any atom is 0.328 e. The van der Waals surface area contributed by atoms with Crippen LogP contribution < -0.4 is 5.69 Å². The molecule has 7 nitrogen and oxygen atoms in total. The first kappa shape index (κ1) is 22.5. The Morgan fingerprint density at radius 3 is 2.42 bits per heavy atom. The molecule has 0 saturated heterocycles. The number of fused-ring (bicyclic) bond motifs is 1. The highest BCUT2D eigenvalue weighted by Gasteiger charge is 2.16. The Labute approximate surface area is 193 Å². The lowest BCUT2D eigenvalue weighted by Crippen LogP contribution is -2.30. The van der Waals surface area contributed by atoms with E-state index in [1.54, 1.807) is 15.7 Å². The van der Waals surface area contributed by atoms with Crippen molar-refractivity contribution in [2.75, 3.05) is 13.1 Å². The van der Waals surface area contributed by atoms with Crippen LogP contribution >= 0.6 is 0 Å². The Balaban J connectivity index is 1.68. The van der Waals surface area contributed by atoms with Crippen LogP contribution in [0.1, 0.15) is 55.1 Å². The van der Waals surface area contributed by atoms with Gasteiger partial charge in [-0.15, -0.1) is 0 Å². The van der Waals surface area contributed by atoms with Crippen molar-refractivity contribution in [3.05, 3.63) is 81.9 Å². The molecular formula is C26H29N5O2. The van der Waals surface area contributed by atoms with Crippen molar-refractivity contribution in [1.82, 2.24) is 24.4 Å². The van der Waals surface area contributed by atoms with E-state index in [0.717, 1.165) is 16.7 Å². The van der Waals surface area contributed by atoms with E-state index in [-0.39, 0.29) is 11.6 Å². The summed E-state index contributed by atoms with van der Waals surface area (Å²) in [7, 11) is 0. The molecule has 0 fully saturated rings. The molecule has 1 N–H and O–H groups in total. The van der Waals surface area contributed by atoms with Crippen molar-refractivity contribution in [3.8, 4) is 11.4 Å². The third-order valence-corrected chi connectivity index (χ3v) is 5.93. The highest BCUT2D eigenvalue weighted by Crippen LogP contribution is 2.27. The third-order valence-electron chi connectivity index (χ3n) is 5.93. The SMILES string of the molecule is CCN(CC)C(=O)c1ccc(Cn2c(=O)[nH]c3cnc(-c4ccccc4C(C)C)nc32)cc1. The number of H-pyrrole nitrogens is 1. The van der Waals surface area contributed by atoms with Crippen LogP contribution in [-0.2, 0) is 6.54 Å². The molecule has 2 aromatic heterocycles. The highest BCUT2D eigenvalue weighted by atomic mass is 16.2. The average Bonchev–Trinajstić information content (AvgIpc) is 3.14. The van der Waals surface area contributed by atoms with Crippen LogP contribution in [0.4, 0.5) is 0 Å². The Hall–Kier alpha value is -3.74. The van der Waals surface area contributed by atoms with Gasteiger partial charge in [0.2, 0.25) is 0 Å². The van der Waals surface area contributed by atoms with Crippen molar-refractivity contribution < 1.29 is 4.79 Å². The molecule has 0 aliphatic carbocycles. The molecule has 2 heterocycles. The molecule has 4 aromatic rings. The molecule has 0 unspecified atom stereocenters. The summed E-state index contributed by atoms with van der Waals surface area (Å²) < 4.78 is 1.61. The quantitative estimate of drug-likeness (QED) is 0.458. The van der Waals surface area contributed by atoms with Gasteiger partial charge in [0.15, 0.2) is 11.5 Å². The predicted octanol–water partition coefficient (Wildman–Crippen LogP) is 4.44. The van der Waals surface area contributed by atoms with Crippen molar-refractivity contribution in [2.45, 2.75) is 40.2 Å². The molecule has 0 bridgehead atoms. The van der Waals surface area contributed by atoms with E-state index in [2.05, 4.69) is 29.9 Å². The van der Waals surface area contributed by atoms with Gasteiger partial charge in [0.1, 0.15) is 5.52 Å². The number of carbonyl (C=O) groups excluding carboxylic acids is 1. The summed E-state index contributed by atoms with van der Waals surface area (Å²) in [6.07, 6.45) is 1.67. The molecular weight excluding hydrogens is 414 g/mol. The minimum absolute atomic E-state index is 0.0111. The minimum atomic E-state index is -0.239. The largest absolute Gasteiger partial charge is 0.339 e. The molecule has 4 rings (SSSR count). The van der Waals surface area contributed by atoms with Crippen molar-refractivity contribution in [3.63, 3.8) is 0 Å². The zero-order valence-corrected chi connectivity index (χ0v) is 19.5. The van der Waals surface area contributed by atoms with Crippen LogP contribution in [0.3, 0.4) is 0 Å². The van der Waals surface area contributed by atoms with Gasteiger partial charge >= 0.3 is 5.69 Å². The second kappa shape index (κ2) is 9.40. The summed E-state index contributed by atoms with van der Waals surface area (Å²) in [6, 6.07) is 15.5. The molecule has 1 amide bonds. The number of hydrogen-bond donors (Lipinski definition) is 1. The summed E-state index contributed by atoms with van der Waals surface area (Å²) >= 11 is 0. The number of nitrogens with zero attached hydrogens (tertiary/aromatic N) is 4. The Morgan fingerprint density at radius 1 is 1.06 bits per heavy atom. The fourth-order valence-corrected chi connectivity index (χ4v) is 4.05. The monoisotopic (exact) mass is 443 g/mol. The maximum atomic E-state index is 12.7.